The molecule has 7 nitrogen and oxygen atoms in total. The van der Waals surface area contributed by atoms with E-state index in [2.05, 4.69) is 479 Å². The van der Waals surface area contributed by atoms with E-state index < -0.39 is 41.2 Å². The average Bonchev–Trinajstić information content (AvgIpc) is 1.54. The van der Waals surface area contributed by atoms with Crippen LogP contribution in [-0.4, -0.2) is 95.0 Å². The van der Waals surface area contributed by atoms with Crippen molar-refractivity contribution in [3.63, 3.8) is 0 Å². The quantitative estimate of drug-likeness (QED) is 0.0356. The zero-order chi connectivity index (χ0) is 99.9. The minimum absolute atomic E-state index is 0. The molecule has 0 unspecified atom stereocenters. The van der Waals surface area contributed by atoms with Crippen LogP contribution >= 0.6 is 0 Å². The van der Waals surface area contributed by atoms with Crippen LogP contribution in [0.3, 0.4) is 0 Å². The second-order valence-corrected chi connectivity index (χ2v) is 37.7. The largest absolute Gasteiger partial charge is 0.534 e. The van der Waals surface area contributed by atoms with Crippen LogP contribution in [0.25, 0.3) is 187 Å². The summed E-state index contributed by atoms with van der Waals surface area (Å²) in [7, 11) is 26.1. The topological polar surface area (TPSA) is 68.5 Å². The Labute approximate surface area is 872 Å². The minimum atomic E-state index is -5.71. The first-order valence-corrected chi connectivity index (χ1v) is 49.7. The third-order valence-corrected chi connectivity index (χ3v) is 27.8. The van der Waals surface area contributed by atoms with Gasteiger partial charge in [-0.25, -0.2) is 0 Å². The predicted octanol–water partition coefficient (Wildman–Crippen LogP) is 32.7. The Morgan fingerprint density at radius 1 is 0.259 bits per heavy atom. The maximum absolute atomic E-state index is 12.5. The summed E-state index contributed by atoms with van der Waals surface area (Å²) < 4.78 is 69.1. The molecular formula is C126H99B10F3N4O3S. The van der Waals surface area contributed by atoms with E-state index in [1.807, 2.05) is 0 Å². The van der Waals surface area contributed by atoms with Gasteiger partial charge in [-0.2, -0.15) is 21.6 Å². The number of rotatable bonds is 20. The molecule has 147 heavy (non-hydrogen) atoms. The Bertz CT molecular complexity index is 8860. The van der Waals surface area contributed by atoms with Gasteiger partial charge in [0.25, 0.3) is 0 Å². The maximum atomic E-state index is 12.5. The first kappa shape index (κ1) is 97.7. The smallest absolute Gasteiger partial charge is 0.375 e. The second kappa shape index (κ2) is 43.1. The lowest BCUT2D eigenvalue weighted by atomic mass is 8.58. The van der Waals surface area contributed by atoms with Gasteiger partial charge in [0.1, 0.15) is 0 Å². The molecule has 698 valence electrons. The third-order valence-electron chi connectivity index (χ3n) is 26.8. The summed E-state index contributed by atoms with van der Waals surface area (Å²) in [6.45, 7) is 0. The number of nitrogens with zero attached hydrogens (tertiary/aromatic N) is 3. The van der Waals surface area contributed by atoms with E-state index in [1.165, 1.54) is 172 Å². The molecule has 22 aromatic carbocycles. The van der Waals surface area contributed by atoms with Crippen LogP contribution in [0, 0.1) is 0 Å². The Balaban J connectivity index is 0.000000173. The molecule has 1 N–H and O–H groups in total. The summed E-state index contributed by atoms with van der Waals surface area (Å²) >= 11 is 0. The second-order valence-electron chi connectivity index (χ2n) is 36.2. The van der Waals surface area contributed by atoms with E-state index in [-0.39, 0.29) is 20.3 Å². The molecule has 24 aromatic rings. The van der Waals surface area contributed by atoms with Crippen LogP contribution in [0.2, 0.25) is 0 Å². The molecule has 12 radical (unpaired) electrons. The molecule has 0 saturated heterocycles. The Hall–Kier alpha value is -16.7. The van der Waals surface area contributed by atoms with Gasteiger partial charge in [-0.05, 0) is 279 Å². The van der Waals surface area contributed by atoms with E-state index in [1.54, 1.807) is 42.5 Å². The van der Waals surface area contributed by atoms with Crippen LogP contribution in [0.15, 0.2) is 510 Å². The zero-order valence-electron chi connectivity index (χ0n) is 79.4. The highest BCUT2D eigenvalue weighted by Crippen LogP contribution is 2.47. The van der Waals surface area contributed by atoms with Crippen LogP contribution < -0.4 is 14.4 Å². The number of nitrogens with one attached hydrogen (secondary N) is 1. The lowest BCUT2D eigenvalue weighted by Crippen LogP contribution is -2.62. The molecule has 24 rings (SSSR count). The maximum Gasteiger partial charge on any atom is 0.534 e. The van der Waals surface area contributed by atoms with E-state index in [4.69, 9.17) is 46.4 Å². The predicted molar refractivity (Wildman–Crippen MR) is 636 cm³/mol. The van der Waals surface area contributed by atoms with Crippen molar-refractivity contribution >= 4 is 197 Å². The number of anilines is 5. The Morgan fingerprint density at radius 3 is 0.898 bits per heavy atom. The SMILES string of the molecule is C.O=S(=O)(Oc1cccc2ccc3ccccc3c12)C(F)(F)F.[B]B([B])B(B([B])[B])B([B])[B].[HH].[HH].[HH].[HH].[HH].c1ccc(-c2cc(-c3ccccc3)cc(-c3ccc(N(c4ccc(-c5ccc6c(c5)c5ccccc5n6-c5ccccc5)cc4)c4cccc5ccc6ccccc6c45)cc3)c2)cc1.c1ccc(-c2cc(-c3ccccc3)cc(-c3ccc(Nc4ccc(-c5ccc6c(c5)c5ccccc5n6-c5ccccc5)cc4)cc3)c2)cc1. The van der Waals surface area contributed by atoms with Crippen LogP contribution in [0.5, 0.6) is 5.75 Å². The van der Waals surface area contributed by atoms with Crippen molar-refractivity contribution in [2.45, 2.75) is 12.9 Å². The number of fused-ring (bicyclic) bond motifs is 12. The van der Waals surface area contributed by atoms with Crippen LogP contribution in [0.1, 0.15) is 14.6 Å². The molecule has 0 spiro atoms. The summed E-state index contributed by atoms with van der Waals surface area (Å²) in [5, 5.41) is 15.8. The summed E-state index contributed by atoms with van der Waals surface area (Å²) in [4.78, 5) is 2.43. The number of hydrogen-bond donors (Lipinski definition) is 1. The molecule has 0 atom stereocenters. The van der Waals surface area contributed by atoms with Crippen molar-refractivity contribution in [3.05, 3.63) is 510 Å². The highest BCUT2D eigenvalue weighted by molar-refractivity contribution is 8.00. The highest BCUT2D eigenvalue weighted by Gasteiger charge is 2.49. The molecule has 0 fully saturated rings. The van der Waals surface area contributed by atoms with Crippen LogP contribution in [0.4, 0.5) is 41.6 Å². The molecule has 0 amide bonds. The lowest BCUT2D eigenvalue weighted by molar-refractivity contribution is -0.0499. The number of alkyl halides is 3. The first-order valence-electron chi connectivity index (χ1n) is 48.3. The molecule has 2 aromatic heterocycles. The standard InChI is InChI=1S/C62H42N2.C48H34N2.C15H9F3O3S.CH4.B10.5H2/c1-4-15-43(16-5-1)50-39-51(44-17-6-2-7-18-44)41-52(40-50)46-31-36-55(37-32-46)63(61-26-14-20-48-28-27-47-19-10-11-23-56(47)62(48)61)54-34-29-45(30-35-54)49-33-38-60-58(42-49)57-24-12-13-25-59(57)64(60)53-21-8-3-9-22-53;1-4-12-34(13-5-1)39-30-40(35-14-6-2-7-15-35)32-41(31-39)37-22-27-43(28-23-37)49-42-25-20-36(21-26-42)38-24-29-48-46(33-38)45-18-10-11-19-47(45)50(48)44-16-8-3-9-17-44;16-15(17,18)22(19,20)21-13-7-3-5-11-9-8-10-4-1-2-6-12(10)14(11)13;;1-7(2)10(8(3)4)9(5)6;;;;;/h1-42H;1-33,49H;1-9H;1H4;;5*1H. The minimum Gasteiger partial charge on any atom is -0.375 e. The Kier molecular flexibility index (Phi) is 28.6. The van der Waals surface area contributed by atoms with Gasteiger partial charge in [-0.1, -0.05) is 359 Å². The van der Waals surface area contributed by atoms with E-state index in [9.17, 15) is 21.6 Å². The van der Waals surface area contributed by atoms with Crippen molar-refractivity contribution in [3.8, 4) is 106 Å². The van der Waals surface area contributed by atoms with Crippen molar-refractivity contribution in [2.75, 3.05) is 10.2 Å². The van der Waals surface area contributed by atoms with Gasteiger partial charge >= 0.3 is 15.6 Å². The molecule has 2 heterocycles. The van der Waals surface area contributed by atoms with Gasteiger partial charge in [-0.15, -0.1) is 0 Å². The summed E-state index contributed by atoms with van der Waals surface area (Å²) in [5.74, 6) is -0.341. The molecule has 0 bridgehead atoms. The number of para-hydroxylation sites is 4. The van der Waals surface area contributed by atoms with Gasteiger partial charge < -0.3 is 23.5 Å². The molecule has 0 aliphatic carbocycles. The molecule has 21 heteroatoms. The summed E-state index contributed by atoms with van der Waals surface area (Å²) in [6, 6.07) is 179. The van der Waals surface area contributed by atoms with E-state index >= 15 is 0 Å². The fourth-order valence-corrected chi connectivity index (χ4v) is 20.2. The molecule has 0 saturated carbocycles. The summed E-state index contributed by atoms with van der Waals surface area (Å²) in [6.07, 6.45) is -2.44. The average molecular weight is 1910 g/mol. The van der Waals surface area contributed by atoms with Gasteiger partial charge in [0.2, 0.25) is 0 Å². The third kappa shape index (κ3) is 20.8. The monoisotopic (exact) mass is 1910 g/mol. The van der Waals surface area contributed by atoms with Crippen molar-refractivity contribution in [1.29, 1.82) is 0 Å². The number of hydrogen-bond acceptors (Lipinski definition) is 5. The molecule has 0 aliphatic heterocycles. The van der Waals surface area contributed by atoms with E-state index in [0.717, 1.165) is 39.5 Å². The van der Waals surface area contributed by atoms with Crippen molar-refractivity contribution in [1.82, 2.24) is 9.13 Å². The fraction of sp³-hybridized carbons (Fsp3) is 0.0159. The highest BCUT2D eigenvalue weighted by atomic mass is 32.2. The number of aromatic nitrogens is 2. The van der Waals surface area contributed by atoms with Crippen LogP contribution in [-0.2, 0) is 10.1 Å². The number of halogens is 3. The van der Waals surface area contributed by atoms with Gasteiger partial charge in [0.15, 0.2) is 5.75 Å². The van der Waals surface area contributed by atoms with Crippen molar-refractivity contribution in [2.24, 2.45) is 0 Å². The zero-order valence-corrected chi connectivity index (χ0v) is 80.2. The Morgan fingerprint density at radius 2 is 0.537 bits per heavy atom. The first-order chi connectivity index (χ1) is 71.3. The van der Waals surface area contributed by atoms with Gasteiger partial charge in [0, 0.05) is 146 Å². The normalized spacial score (nSPS) is 11.3. The fourth-order valence-electron chi connectivity index (χ4n) is 19.7. The summed E-state index contributed by atoms with van der Waals surface area (Å²) in [5.41, 5.74) is 26.3. The van der Waals surface area contributed by atoms with Gasteiger partial charge in [0.05, 0.1) is 27.8 Å². The number of benzene rings is 22. The van der Waals surface area contributed by atoms with Gasteiger partial charge in [-0.3, -0.25) is 0 Å². The molecule has 0 aliphatic rings. The molecular weight excluding hydrogens is 1810 g/mol. The lowest BCUT2D eigenvalue weighted by Gasteiger charge is -2.28. The van der Waals surface area contributed by atoms with E-state index in [0.29, 0.717) is 16.2 Å². The van der Waals surface area contributed by atoms with Crippen molar-refractivity contribution < 1.29 is 32.9 Å².